The van der Waals surface area contributed by atoms with Gasteiger partial charge in [0.25, 0.3) is 0 Å². The van der Waals surface area contributed by atoms with Crippen molar-refractivity contribution in [3.8, 4) is 11.5 Å². The molecule has 2 aromatic rings. The van der Waals surface area contributed by atoms with Gasteiger partial charge in [-0.3, -0.25) is 4.68 Å². The quantitative estimate of drug-likeness (QED) is 0.564. The highest BCUT2D eigenvalue weighted by Crippen LogP contribution is 2.05. The Kier molecular flexibility index (Phi) is 1.14. The summed E-state index contributed by atoms with van der Waals surface area (Å²) in [5, 5.41) is 20.7. The van der Waals surface area contributed by atoms with Crippen molar-refractivity contribution in [3.63, 3.8) is 0 Å². The maximum absolute atomic E-state index is 3.79. The van der Waals surface area contributed by atoms with Crippen LogP contribution in [0.1, 0.15) is 0 Å². The third-order valence-corrected chi connectivity index (χ3v) is 1.18. The predicted octanol–water partition coefficient (Wildman–Crippen LogP) is -1.00. The van der Waals surface area contributed by atoms with Gasteiger partial charge in [0.1, 0.15) is 0 Å². The molecule has 56 valence electrons. The first-order valence-electron chi connectivity index (χ1n) is 2.96. The summed E-state index contributed by atoms with van der Waals surface area (Å²) >= 11 is 0. The molecule has 7 heteroatoms. The largest absolute Gasteiger partial charge is 0.255 e. The number of rotatable bonds is 1. The molecule has 0 bridgehead atoms. The van der Waals surface area contributed by atoms with E-state index in [1.54, 1.807) is 17.9 Å². The van der Waals surface area contributed by atoms with Gasteiger partial charge in [-0.25, -0.2) is 0 Å². The Morgan fingerprint density at radius 3 is 2.91 bits per heavy atom. The molecule has 2 rings (SSSR count). The summed E-state index contributed by atoms with van der Waals surface area (Å²) in [6, 6.07) is 0. The summed E-state index contributed by atoms with van der Waals surface area (Å²) in [5.41, 5.74) is 0.612. The van der Waals surface area contributed by atoms with Gasteiger partial charge in [0.15, 0.2) is 5.69 Å². The zero-order valence-corrected chi connectivity index (χ0v) is 5.76. The van der Waals surface area contributed by atoms with Crippen molar-refractivity contribution >= 4 is 0 Å². The Bertz CT molecular complexity index is 333. The first-order chi connectivity index (χ1) is 5.36. The van der Waals surface area contributed by atoms with Crippen molar-refractivity contribution in [2.24, 2.45) is 7.05 Å². The van der Waals surface area contributed by atoms with Gasteiger partial charge in [-0.1, -0.05) is 5.21 Å². The van der Waals surface area contributed by atoms with Crippen molar-refractivity contribution in [2.45, 2.75) is 0 Å². The minimum atomic E-state index is 0.457. The minimum Gasteiger partial charge on any atom is -0.255 e. The van der Waals surface area contributed by atoms with Crippen molar-refractivity contribution in [1.82, 2.24) is 35.6 Å². The molecule has 2 heterocycles. The first kappa shape index (κ1) is 5.96. The number of aryl methyl sites for hydroxylation is 1. The number of nitrogens with zero attached hydrogens (tertiary/aromatic N) is 6. The van der Waals surface area contributed by atoms with Crippen LogP contribution in [0.2, 0.25) is 0 Å². The number of aromatic nitrogens is 7. The summed E-state index contributed by atoms with van der Waals surface area (Å²) in [6.07, 6.45) is 1.71. The van der Waals surface area contributed by atoms with E-state index in [9.17, 15) is 0 Å². The van der Waals surface area contributed by atoms with E-state index in [0.29, 0.717) is 11.5 Å². The SMILES string of the molecule is Cn1cc(-c2nn[nH]n2)nn1. The number of aromatic amines is 1. The van der Waals surface area contributed by atoms with Crippen LogP contribution < -0.4 is 0 Å². The van der Waals surface area contributed by atoms with Gasteiger partial charge in [-0.05, 0) is 5.21 Å². The Labute approximate surface area is 61.4 Å². The molecule has 0 saturated heterocycles. The molecule has 1 N–H and O–H groups in total. The number of H-pyrrole nitrogens is 1. The van der Waals surface area contributed by atoms with Crippen LogP contribution in [0, 0.1) is 0 Å². The van der Waals surface area contributed by atoms with Gasteiger partial charge in [-0.2, -0.15) is 5.21 Å². The first-order valence-corrected chi connectivity index (χ1v) is 2.96. The average molecular weight is 151 g/mol. The predicted molar refractivity (Wildman–Crippen MR) is 34.2 cm³/mol. The highest BCUT2D eigenvalue weighted by molar-refractivity contribution is 5.44. The van der Waals surface area contributed by atoms with E-state index in [0.717, 1.165) is 0 Å². The Morgan fingerprint density at radius 1 is 1.45 bits per heavy atom. The lowest BCUT2D eigenvalue weighted by atomic mass is 10.5. The second-order valence-electron chi connectivity index (χ2n) is 2.01. The number of tetrazole rings is 1. The van der Waals surface area contributed by atoms with Crippen molar-refractivity contribution in [2.75, 3.05) is 0 Å². The van der Waals surface area contributed by atoms with Gasteiger partial charge in [0, 0.05) is 7.05 Å². The maximum Gasteiger partial charge on any atom is 0.226 e. The second-order valence-corrected chi connectivity index (χ2v) is 2.01. The topological polar surface area (TPSA) is 85.2 Å². The zero-order valence-electron chi connectivity index (χ0n) is 5.76. The van der Waals surface area contributed by atoms with Gasteiger partial charge in [0.2, 0.25) is 5.82 Å². The molecular formula is C4H5N7. The summed E-state index contributed by atoms with van der Waals surface area (Å²) < 4.78 is 1.58. The van der Waals surface area contributed by atoms with E-state index in [1.807, 2.05) is 0 Å². The molecular weight excluding hydrogens is 146 g/mol. The van der Waals surface area contributed by atoms with Crippen molar-refractivity contribution in [1.29, 1.82) is 0 Å². The zero-order chi connectivity index (χ0) is 7.68. The van der Waals surface area contributed by atoms with E-state index in [4.69, 9.17) is 0 Å². The number of hydrogen-bond donors (Lipinski definition) is 1. The number of hydrogen-bond acceptors (Lipinski definition) is 5. The smallest absolute Gasteiger partial charge is 0.226 e. The molecule has 0 aliphatic heterocycles. The Balaban J connectivity index is 2.45. The molecule has 0 saturated carbocycles. The van der Waals surface area contributed by atoms with Crippen LogP contribution >= 0.6 is 0 Å². The highest BCUT2D eigenvalue weighted by atomic mass is 15.5. The van der Waals surface area contributed by atoms with E-state index in [2.05, 4.69) is 30.9 Å². The Morgan fingerprint density at radius 2 is 2.36 bits per heavy atom. The fourth-order valence-corrected chi connectivity index (χ4v) is 0.720. The standard InChI is InChI=1S/C4H5N7/c1-11-2-3(5-10-11)4-6-8-9-7-4/h2H,1H3,(H,6,7,8,9). The summed E-state index contributed by atoms with van der Waals surface area (Å²) in [4.78, 5) is 0. The van der Waals surface area contributed by atoms with Crippen LogP contribution in [-0.2, 0) is 7.05 Å². The highest BCUT2D eigenvalue weighted by Gasteiger charge is 2.05. The van der Waals surface area contributed by atoms with Crippen LogP contribution in [0.25, 0.3) is 11.5 Å². The molecule has 0 unspecified atom stereocenters. The van der Waals surface area contributed by atoms with Gasteiger partial charge < -0.3 is 0 Å². The molecule has 2 aromatic heterocycles. The van der Waals surface area contributed by atoms with E-state index < -0.39 is 0 Å². The molecule has 11 heavy (non-hydrogen) atoms. The number of nitrogens with one attached hydrogen (secondary N) is 1. The van der Waals surface area contributed by atoms with Crippen molar-refractivity contribution in [3.05, 3.63) is 6.20 Å². The second kappa shape index (κ2) is 2.11. The van der Waals surface area contributed by atoms with Gasteiger partial charge in [0.05, 0.1) is 6.20 Å². The van der Waals surface area contributed by atoms with Crippen molar-refractivity contribution < 1.29 is 0 Å². The lowest BCUT2D eigenvalue weighted by Crippen LogP contribution is -1.85. The average Bonchev–Trinajstić information content (AvgIpc) is 2.55. The third kappa shape index (κ3) is 0.955. The van der Waals surface area contributed by atoms with E-state index >= 15 is 0 Å². The van der Waals surface area contributed by atoms with Gasteiger partial charge in [-0.15, -0.1) is 15.3 Å². The summed E-state index contributed by atoms with van der Waals surface area (Å²) in [5.74, 6) is 0.457. The lowest BCUT2D eigenvalue weighted by Gasteiger charge is -1.79. The van der Waals surface area contributed by atoms with Gasteiger partial charge >= 0.3 is 0 Å². The molecule has 0 radical (unpaired) electrons. The van der Waals surface area contributed by atoms with Crippen LogP contribution in [0.15, 0.2) is 6.20 Å². The summed E-state index contributed by atoms with van der Waals surface area (Å²) in [6.45, 7) is 0. The fourth-order valence-electron chi connectivity index (χ4n) is 0.720. The fraction of sp³-hybridized carbons (Fsp3) is 0.250. The molecule has 0 atom stereocenters. The van der Waals surface area contributed by atoms with Crippen LogP contribution in [0.5, 0.6) is 0 Å². The monoisotopic (exact) mass is 151 g/mol. The third-order valence-electron chi connectivity index (χ3n) is 1.18. The van der Waals surface area contributed by atoms with E-state index in [1.165, 1.54) is 0 Å². The van der Waals surface area contributed by atoms with Crippen LogP contribution in [0.3, 0.4) is 0 Å². The molecule has 0 amide bonds. The molecule has 0 aliphatic carbocycles. The molecule has 0 fully saturated rings. The van der Waals surface area contributed by atoms with E-state index in [-0.39, 0.29) is 0 Å². The molecule has 7 nitrogen and oxygen atoms in total. The molecule has 0 spiro atoms. The summed E-state index contributed by atoms with van der Waals surface area (Å²) in [7, 11) is 1.77. The lowest BCUT2D eigenvalue weighted by molar-refractivity contribution is 0.715. The molecule has 0 aromatic carbocycles. The van der Waals surface area contributed by atoms with Crippen LogP contribution in [0.4, 0.5) is 0 Å². The Hall–Kier alpha value is -1.79. The normalized spacial score (nSPS) is 10.3. The maximum atomic E-state index is 3.79. The van der Waals surface area contributed by atoms with Crippen LogP contribution in [-0.4, -0.2) is 35.6 Å². The molecule has 0 aliphatic rings. The minimum absolute atomic E-state index is 0.457.